The van der Waals surface area contributed by atoms with Crippen LogP contribution in [0, 0.1) is 13.5 Å². The van der Waals surface area contributed by atoms with Gasteiger partial charge in [0.15, 0.2) is 5.69 Å². The number of benzene rings is 1. The molecular formula is C22H20FN5O3. The fraction of sp³-hybridized carbons (Fsp3) is 0.318. The van der Waals surface area contributed by atoms with Crippen LogP contribution >= 0.6 is 0 Å². The summed E-state index contributed by atoms with van der Waals surface area (Å²) in [6.45, 7) is 8.93. The van der Waals surface area contributed by atoms with E-state index in [2.05, 4.69) is 15.0 Å². The number of pyridine rings is 1. The Morgan fingerprint density at radius 1 is 1.35 bits per heavy atom. The minimum Gasteiger partial charge on any atom is -0.483 e. The van der Waals surface area contributed by atoms with Gasteiger partial charge in [-0.05, 0) is 38.3 Å². The van der Waals surface area contributed by atoms with Gasteiger partial charge < -0.3 is 14.2 Å². The summed E-state index contributed by atoms with van der Waals surface area (Å²) in [4.78, 5) is 21.2. The molecule has 1 saturated carbocycles. The first kappa shape index (κ1) is 20.5. The maximum atomic E-state index is 14.8. The molecule has 8 nitrogen and oxygen atoms in total. The lowest BCUT2D eigenvalue weighted by Gasteiger charge is -2.19. The van der Waals surface area contributed by atoms with Crippen LogP contribution < -0.4 is 0 Å². The fourth-order valence-corrected chi connectivity index (χ4v) is 4.21. The van der Waals surface area contributed by atoms with E-state index in [0.717, 1.165) is 46.5 Å². The molecule has 1 aliphatic rings. The molecule has 0 aliphatic heterocycles. The Hall–Kier alpha value is -3.80. The van der Waals surface area contributed by atoms with Crippen LogP contribution in [-0.4, -0.2) is 37.4 Å². The zero-order chi connectivity index (χ0) is 22.0. The highest BCUT2D eigenvalue weighted by molar-refractivity contribution is 6.03. The Kier molecular flexibility index (Phi) is 5.62. The standard InChI is InChI=1S/C21H18FN5O.CH2O2/c1-12-8-14(26-28-12)10-20-25-18-11-24-17-7-6-13(23-2)9-15(17)21(18)27(20)19-5-3-4-16(19)22;2-1-3/h6-9,11,16,19H,3-5,10H2,1H3;1H,(H,2,3)/t16-,19+;/m1./s1. The van der Waals surface area contributed by atoms with Gasteiger partial charge >= 0.3 is 0 Å². The second-order valence-electron chi connectivity index (χ2n) is 7.43. The molecule has 0 unspecified atom stereocenters. The van der Waals surface area contributed by atoms with E-state index in [9.17, 15) is 4.39 Å². The third-order valence-electron chi connectivity index (χ3n) is 5.45. The Labute approximate surface area is 177 Å². The third-order valence-corrected chi connectivity index (χ3v) is 5.45. The van der Waals surface area contributed by atoms with E-state index in [0.29, 0.717) is 24.0 Å². The Morgan fingerprint density at radius 2 is 2.16 bits per heavy atom. The van der Waals surface area contributed by atoms with Crippen LogP contribution in [0.2, 0.25) is 0 Å². The van der Waals surface area contributed by atoms with Crippen molar-refractivity contribution < 1.29 is 18.8 Å². The van der Waals surface area contributed by atoms with Gasteiger partial charge in [0.1, 0.15) is 23.3 Å². The number of aromatic nitrogens is 4. The van der Waals surface area contributed by atoms with E-state index < -0.39 is 6.17 Å². The third kappa shape index (κ3) is 3.84. The number of carboxylic acid groups (broad SMARTS) is 1. The maximum absolute atomic E-state index is 14.8. The maximum Gasteiger partial charge on any atom is 0.290 e. The predicted octanol–water partition coefficient (Wildman–Crippen LogP) is 4.79. The summed E-state index contributed by atoms with van der Waals surface area (Å²) in [5.41, 5.74) is 3.63. The van der Waals surface area contributed by atoms with Crippen LogP contribution in [0.1, 0.15) is 42.6 Å². The molecule has 0 radical (unpaired) electrons. The van der Waals surface area contributed by atoms with Crippen LogP contribution in [0.5, 0.6) is 0 Å². The van der Waals surface area contributed by atoms with Crippen molar-refractivity contribution in [2.75, 3.05) is 0 Å². The number of nitrogens with zero attached hydrogens (tertiary/aromatic N) is 5. The predicted molar refractivity (Wildman–Crippen MR) is 112 cm³/mol. The van der Waals surface area contributed by atoms with E-state index in [4.69, 9.17) is 26.0 Å². The van der Waals surface area contributed by atoms with Crippen LogP contribution in [-0.2, 0) is 11.2 Å². The number of carbonyl (C=O) groups is 1. The van der Waals surface area contributed by atoms with Crippen LogP contribution in [0.3, 0.4) is 0 Å². The summed E-state index contributed by atoms with van der Waals surface area (Å²) < 4.78 is 22.0. The number of imidazole rings is 1. The van der Waals surface area contributed by atoms with Gasteiger partial charge in [0.25, 0.3) is 6.47 Å². The Bertz CT molecular complexity index is 1290. The van der Waals surface area contributed by atoms with Crippen molar-refractivity contribution in [3.05, 3.63) is 59.2 Å². The molecule has 31 heavy (non-hydrogen) atoms. The number of alkyl halides is 1. The van der Waals surface area contributed by atoms with E-state index in [1.54, 1.807) is 12.3 Å². The number of halogens is 1. The van der Waals surface area contributed by atoms with E-state index >= 15 is 0 Å². The van der Waals surface area contributed by atoms with Crippen molar-refractivity contribution in [1.29, 1.82) is 0 Å². The molecule has 1 aliphatic carbocycles. The first-order chi connectivity index (χ1) is 15.0. The van der Waals surface area contributed by atoms with Gasteiger partial charge in [-0.2, -0.15) is 0 Å². The van der Waals surface area contributed by atoms with Crippen molar-refractivity contribution in [3.8, 4) is 0 Å². The molecule has 5 rings (SSSR count). The molecule has 1 N–H and O–H groups in total. The van der Waals surface area contributed by atoms with Crippen molar-refractivity contribution in [1.82, 2.24) is 19.7 Å². The number of hydrogen-bond donors (Lipinski definition) is 1. The van der Waals surface area contributed by atoms with Crippen LogP contribution in [0.4, 0.5) is 10.1 Å². The van der Waals surface area contributed by atoms with Gasteiger partial charge in [-0.25, -0.2) is 14.2 Å². The van der Waals surface area contributed by atoms with E-state index in [-0.39, 0.29) is 12.5 Å². The molecule has 1 fully saturated rings. The molecule has 0 saturated heterocycles. The number of rotatable bonds is 3. The van der Waals surface area contributed by atoms with Crippen molar-refractivity contribution in [3.63, 3.8) is 0 Å². The molecule has 2 atom stereocenters. The second kappa shape index (κ2) is 8.52. The van der Waals surface area contributed by atoms with E-state index in [1.807, 2.05) is 29.7 Å². The summed E-state index contributed by atoms with van der Waals surface area (Å²) in [7, 11) is 0. The van der Waals surface area contributed by atoms with Gasteiger partial charge in [-0.3, -0.25) is 9.78 Å². The summed E-state index contributed by atoms with van der Waals surface area (Å²) in [6, 6.07) is 7.01. The summed E-state index contributed by atoms with van der Waals surface area (Å²) in [6.07, 6.45) is 3.45. The highest BCUT2D eigenvalue weighted by atomic mass is 19.1. The highest BCUT2D eigenvalue weighted by Gasteiger charge is 2.32. The lowest BCUT2D eigenvalue weighted by Crippen LogP contribution is -2.17. The molecule has 3 aromatic heterocycles. The minimum atomic E-state index is -0.914. The molecule has 158 valence electrons. The van der Waals surface area contributed by atoms with Gasteiger partial charge in [0.2, 0.25) is 0 Å². The Balaban J connectivity index is 0.000000730. The molecule has 9 heteroatoms. The lowest BCUT2D eigenvalue weighted by molar-refractivity contribution is -0.122. The van der Waals surface area contributed by atoms with Gasteiger partial charge in [0.05, 0.1) is 42.0 Å². The first-order valence-electron chi connectivity index (χ1n) is 9.87. The molecule has 0 spiro atoms. The fourth-order valence-electron chi connectivity index (χ4n) is 4.21. The number of hydrogen-bond acceptors (Lipinski definition) is 5. The van der Waals surface area contributed by atoms with Crippen LogP contribution in [0.15, 0.2) is 35.0 Å². The lowest BCUT2D eigenvalue weighted by atomic mass is 10.1. The summed E-state index contributed by atoms with van der Waals surface area (Å²) >= 11 is 0. The van der Waals surface area contributed by atoms with Crippen LogP contribution in [0.25, 0.3) is 26.8 Å². The quantitative estimate of drug-likeness (QED) is 0.377. The number of aryl methyl sites for hydroxylation is 1. The molecule has 0 amide bonds. The van der Waals surface area contributed by atoms with Gasteiger partial charge in [-0.15, -0.1) is 0 Å². The summed E-state index contributed by atoms with van der Waals surface area (Å²) in [5, 5.41) is 11.8. The monoisotopic (exact) mass is 421 g/mol. The van der Waals surface area contributed by atoms with Crippen molar-refractivity contribution >= 4 is 34.1 Å². The normalized spacial score (nSPS) is 18.0. The zero-order valence-electron chi connectivity index (χ0n) is 16.8. The SMILES string of the molecule is O=CO.[C-]#[N+]c1ccc2ncc3nc(Cc4cc(C)on4)n([C@H]4CCC[C@H]4F)c3c2c1. The average molecular weight is 421 g/mol. The van der Waals surface area contributed by atoms with Crippen molar-refractivity contribution in [2.24, 2.45) is 0 Å². The first-order valence-corrected chi connectivity index (χ1v) is 9.87. The largest absolute Gasteiger partial charge is 0.483 e. The molecule has 1 aromatic carbocycles. The van der Waals surface area contributed by atoms with Gasteiger partial charge in [0, 0.05) is 11.5 Å². The average Bonchev–Trinajstić information content (AvgIpc) is 3.46. The number of fused-ring (bicyclic) bond motifs is 3. The van der Waals surface area contributed by atoms with Gasteiger partial charge in [-0.1, -0.05) is 11.2 Å². The minimum absolute atomic E-state index is 0.250. The molecule has 4 aromatic rings. The second-order valence-corrected chi connectivity index (χ2v) is 7.43. The zero-order valence-corrected chi connectivity index (χ0v) is 16.8. The summed E-state index contributed by atoms with van der Waals surface area (Å²) in [5.74, 6) is 1.48. The molecular weight excluding hydrogens is 401 g/mol. The topological polar surface area (TPSA) is 98.4 Å². The highest BCUT2D eigenvalue weighted by Crippen LogP contribution is 2.38. The Morgan fingerprint density at radius 3 is 2.81 bits per heavy atom. The van der Waals surface area contributed by atoms with Crippen molar-refractivity contribution in [2.45, 2.75) is 44.8 Å². The van der Waals surface area contributed by atoms with E-state index in [1.165, 1.54) is 0 Å². The molecule has 0 bridgehead atoms. The molecule has 3 heterocycles. The smallest absolute Gasteiger partial charge is 0.290 e.